The number of hydrogen-bond acceptors (Lipinski definition) is 5. The standard InChI is InChI=1S/C24H24ClN5OS/c1-12-28-29-19-11-26-21(15-4-2-3-5-17(15)25)20-16-6-14(7-18(16)32-23(20)30(12)19)22(31)27-24-8-13(9-24)10-24/h2-5,13-14,21,26H,6-11H2,1H3,(H,27,31)/t13?,14-,21-,24?/m0/s1. The van der Waals surface area contributed by atoms with Gasteiger partial charge in [0.2, 0.25) is 5.91 Å². The predicted octanol–water partition coefficient (Wildman–Crippen LogP) is 3.87. The van der Waals surface area contributed by atoms with Crippen molar-refractivity contribution in [2.75, 3.05) is 0 Å². The van der Waals surface area contributed by atoms with Crippen LogP contribution < -0.4 is 10.6 Å². The van der Waals surface area contributed by atoms with E-state index in [1.54, 1.807) is 11.3 Å². The number of amides is 1. The lowest BCUT2D eigenvalue weighted by Gasteiger charge is -2.62. The number of hydrogen-bond donors (Lipinski definition) is 2. The maximum Gasteiger partial charge on any atom is 0.224 e. The Morgan fingerprint density at radius 3 is 2.81 bits per heavy atom. The lowest BCUT2D eigenvalue weighted by molar-refractivity contribution is -0.136. The number of carbonyl (C=O) groups excluding carboxylic acids is 1. The van der Waals surface area contributed by atoms with E-state index in [4.69, 9.17) is 11.6 Å². The van der Waals surface area contributed by atoms with Gasteiger partial charge >= 0.3 is 0 Å². The van der Waals surface area contributed by atoms with Crippen LogP contribution >= 0.6 is 22.9 Å². The summed E-state index contributed by atoms with van der Waals surface area (Å²) in [7, 11) is 0. The highest BCUT2D eigenvalue weighted by Crippen LogP contribution is 2.57. The van der Waals surface area contributed by atoms with Gasteiger partial charge in [0, 0.05) is 26.9 Å². The Labute approximate surface area is 195 Å². The Hall–Kier alpha value is -2.22. The summed E-state index contributed by atoms with van der Waals surface area (Å²) in [6.45, 7) is 2.61. The smallest absolute Gasteiger partial charge is 0.224 e. The van der Waals surface area contributed by atoms with Crippen LogP contribution in [0.15, 0.2) is 24.3 Å². The van der Waals surface area contributed by atoms with Gasteiger partial charge in [0.05, 0.1) is 12.6 Å². The van der Waals surface area contributed by atoms with Gasteiger partial charge in [-0.05, 0) is 62.1 Å². The van der Waals surface area contributed by atoms with Crippen molar-refractivity contribution in [2.24, 2.45) is 11.8 Å². The number of thiophene rings is 1. The van der Waals surface area contributed by atoms with E-state index in [2.05, 4.69) is 31.5 Å². The molecule has 1 amide bonds. The number of nitrogens with zero attached hydrogens (tertiary/aromatic N) is 3. The van der Waals surface area contributed by atoms with Crippen LogP contribution in [0, 0.1) is 18.8 Å². The third-order valence-corrected chi connectivity index (χ3v) is 9.46. The van der Waals surface area contributed by atoms with E-state index in [0.29, 0.717) is 6.54 Å². The van der Waals surface area contributed by atoms with Crippen molar-refractivity contribution in [2.45, 2.75) is 57.2 Å². The minimum atomic E-state index is -0.0424. The van der Waals surface area contributed by atoms with Crippen molar-refractivity contribution in [3.8, 4) is 5.00 Å². The molecule has 0 spiro atoms. The minimum absolute atomic E-state index is 0.0206. The molecule has 6 nitrogen and oxygen atoms in total. The molecule has 0 unspecified atom stereocenters. The second-order valence-electron chi connectivity index (χ2n) is 9.91. The predicted molar refractivity (Wildman–Crippen MR) is 123 cm³/mol. The third kappa shape index (κ3) is 2.65. The molecule has 8 rings (SSSR count). The van der Waals surface area contributed by atoms with Crippen molar-refractivity contribution in [1.29, 1.82) is 0 Å². The van der Waals surface area contributed by atoms with Crippen molar-refractivity contribution in [3.05, 3.63) is 62.5 Å². The molecule has 5 aliphatic rings. The molecule has 0 saturated heterocycles. The van der Waals surface area contributed by atoms with Gasteiger partial charge in [-0.2, -0.15) is 0 Å². The zero-order valence-electron chi connectivity index (χ0n) is 17.8. The fourth-order valence-electron chi connectivity index (χ4n) is 6.14. The maximum atomic E-state index is 13.1. The fourth-order valence-corrected chi connectivity index (χ4v) is 7.90. The first kappa shape index (κ1) is 19.3. The monoisotopic (exact) mass is 465 g/mol. The average Bonchev–Trinajstić information content (AvgIpc) is 3.35. The molecule has 2 aromatic heterocycles. The molecule has 32 heavy (non-hydrogen) atoms. The molecule has 3 saturated carbocycles. The first-order valence-corrected chi connectivity index (χ1v) is 12.6. The summed E-state index contributed by atoms with van der Waals surface area (Å²) >= 11 is 8.45. The number of nitrogens with one attached hydrogen (secondary N) is 2. The summed E-state index contributed by atoms with van der Waals surface area (Å²) in [5.74, 6) is 2.92. The first-order valence-electron chi connectivity index (χ1n) is 11.4. The van der Waals surface area contributed by atoms with E-state index in [1.165, 1.54) is 40.3 Å². The molecule has 2 atom stereocenters. The largest absolute Gasteiger partial charge is 0.350 e. The van der Waals surface area contributed by atoms with Crippen LogP contribution in [0.5, 0.6) is 0 Å². The Bertz CT molecular complexity index is 1260. The van der Waals surface area contributed by atoms with Gasteiger partial charge in [-0.25, -0.2) is 0 Å². The highest BCUT2D eigenvalue weighted by molar-refractivity contribution is 7.15. The second-order valence-corrected chi connectivity index (χ2v) is 11.4. The van der Waals surface area contributed by atoms with Crippen LogP contribution in [0.4, 0.5) is 0 Å². The quantitative estimate of drug-likeness (QED) is 0.616. The van der Waals surface area contributed by atoms with E-state index < -0.39 is 0 Å². The molecule has 3 heterocycles. The summed E-state index contributed by atoms with van der Waals surface area (Å²) in [4.78, 5) is 14.4. The second kappa shape index (κ2) is 6.65. The van der Waals surface area contributed by atoms with E-state index in [0.717, 1.165) is 41.0 Å². The highest BCUT2D eigenvalue weighted by atomic mass is 35.5. The van der Waals surface area contributed by atoms with Crippen LogP contribution in [0.25, 0.3) is 5.00 Å². The molecule has 8 heteroatoms. The number of aryl methyl sites for hydroxylation is 1. The van der Waals surface area contributed by atoms with Crippen LogP contribution in [-0.4, -0.2) is 26.2 Å². The fraction of sp³-hybridized carbons (Fsp3) is 0.458. The van der Waals surface area contributed by atoms with Gasteiger partial charge in [-0.15, -0.1) is 21.5 Å². The molecule has 1 aliphatic heterocycles. The summed E-state index contributed by atoms with van der Waals surface area (Å²) in [6.07, 6.45) is 5.13. The van der Waals surface area contributed by atoms with Crippen LogP contribution in [0.1, 0.15) is 58.5 Å². The molecular formula is C24H24ClN5OS. The van der Waals surface area contributed by atoms with Gasteiger partial charge in [0.15, 0.2) is 5.82 Å². The average molecular weight is 466 g/mol. The molecule has 1 aromatic carbocycles. The zero-order chi connectivity index (χ0) is 21.6. The normalized spacial score (nSPS) is 29.2. The van der Waals surface area contributed by atoms with Crippen LogP contribution in [-0.2, 0) is 24.2 Å². The summed E-state index contributed by atoms with van der Waals surface area (Å²) in [5, 5.41) is 17.7. The van der Waals surface area contributed by atoms with Gasteiger partial charge < -0.3 is 5.32 Å². The number of fused-ring (bicyclic) bond motifs is 5. The SMILES string of the molecule is Cc1nnc2n1-c1sc3c(c1[C@H](c1ccccc1Cl)NC2)C[C@H](C(=O)NC12CC(C1)C2)C3. The topological polar surface area (TPSA) is 71.8 Å². The Morgan fingerprint density at radius 1 is 1.25 bits per heavy atom. The van der Waals surface area contributed by atoms with E-state index in [1.807, 2.05) is 25.1 Å². The Kier molecular flexibility index (Phi) is 4.01. The number of aromatic nitrogens is 3. The van der Waals surface area contributed by atoms with Crippen molar-refractivity contribution in [1.82, 2.24) is 25.4 Å². The Balaban J connectivity index is 1.30. The van der Waals surface area contributed by atoms with Gasteiger partial charge in [-0.3, -0.25) is 14.7 Å². The number of halogens is 1. The summed E-state index contributed by atoms with van der Waals surface area (Å²) < 4.78 is 2.18. The number of carbonyl (C=O) groups is 1. The molecule has 4 aliphatic carbocycles. The lowest BCUT2D eigenvalue weighted by Crippen LogP contribution is -2.68. The number of benzene rings is 1. The van der Waals surface area contributed by atoms with E-state index in [9.17, 15) is 4.79 Å². The van der Waals surface area contributed by atoms with Gasteiger partial charge in [0.1, 0.15) is 10.8 Å². The first-order chi connectivity index (χ1) is 15.5. The Morgan fingerprint density at radius 2 is 2.06 bits per heavy atom. The minimum Gasteiger partial charge on any atom is -0.350 e. The lowest BCUT2D eigenvalue weighted by atomic mass is 9.50. The van der Waals surface area contributed by atoms with Crippen LogP contribution in [0.2, 0.25) is 5.02 Å². The van der Waals surface area contributed by atoms with Gasteiger partial charge in [-0.1, -0.05) is 29.8 Å². The molecule has 0 radical (unpaired) electrons. The van der Waals surface area contributed by atoms with Crippen molar-refractivity contribution >= 4 is 28.8 Å². The van der Waals surface area contributed by atoms with E-state index in [-0.39, 0.29) is 23.4 Å². The summed E-state index contributed by atoms with van der Waals surface area (Å²) in [6, 6.07) is 7.99. The zero-order valence-corrected chi connectivity index (χ0v) is 19.4. The molecule has 3 aromatic rings. The van der Waals surface area contributed by atoms with Crippen LogP contribution in [0.3, 0.4) is 0 Å². The summed E-state index contributed by atoms with van der Waals surface area (Å²) in [5.41, 5.74) is 3.74. The van der Waals surface area contributed by atoms with Crippen molar-refractivity contribution in [3.63, 3.8) is 0 Å². The number of rotatable bonds is 3. The molecule has 2 N–H and O–H groups in total. The molecule has 3 fully saturated rings. The molecule has 2 bridgehead atoms. The van der Waals surface area contributed by atoms with Crippen molar-refractivity contribution < 1.29 is 4.79 Å². The maximum absolute atomic E-state index is 13.1. The molecular weight excluding hydrogens is 442 g/mol. The highest BCUT2D eigenvalue weighted by Gasteiger charge is 2.57. The van der Waals surface area contributed by atoms with E-state index >= 15 is 0 Å². The third-order valence-electron chi connectivity index (χ3n) is 7.86. The van der Waals surface area contributed by atoms with Gasteiger partial charge in [0.25, 0.3) is 0 Å². The molecule has 164 valence electrons.